The number of methoxy groups -OCH3 is 2. The van der Waals surface area contributed by atoms with Crippen LogP contribution in [-0.2, 0) is 0 Å². The number of ether oxygens (including phenoxy) is 2. The summed E-state index contributed by atoms with van der Waals surface area (Å²) < 4.78 is 23.9. The summed E-state index contributed by atoms with van der Waals surface area (Å²) in [6.45, 7) is 0. The van der Waals surface area contributed by atoms with Crippen molar-refractivity contribution in [2.24, 2.45) is 0 Å². The molecule has 0 aliphatic carbocycles. The molecule has 0 radical (unpaired) electrons. The van der Waals surface area contributed by atoms with Crippen LogP contribution in [-0.4, -0.2) is 19.3 Å². The van der Waals surface area contributed by atoms with E-state index in [0.29, 0.717) is 27.1 Å². The molecule has 0 spiro atoms. The van der Waals surface area contributed by atoms with Crippen LogP contribution < -0.4 is 9.47 Å². The Balaban J connectivity index is 2.41. The van der Waals surface area contributed by atoms with Crippen LogP contribution in [0.1, 0.15) is 17.2 Å². The van der Waals surface area contributed by atoms with Gasteiger partial charge in [-0.3, -0.25) is 0 Å². The van der Waals surface area contributed by atoms with E-state index in [4.69, 9.17) is 9.47 Å². The van der Waals surface area contributed by atoms with Gasteiger partial charge in [0.1, 0.15) is 23.4 Å². The van der Waals surface area contributed by atoms with Crippen molar-refractivity contribution in [2.75, 3.05) is 14.2 Å². The molecular formula is C15H14BrFO3. The fraction of sp³-hybridized carbons (Fsp3) is 0.200. The van der Waals surface area contributed by atoms with Crippen molar-refractivity contribution >= 4 is 15.9 Å². The Bertz CT molecular complexity index is 594. The van der Waals surface area contributed by atoms with Gasteiger partial charge in [0.15, 0.2) is 0 Å². The van der Waals surface area contributed by atoms with Gasteiger partial charge in [0.25, 0.3) is 0 Å². The molecule has 0 aromatic heterocycles. The highest BCUT2D eigenvalue weighted by atomic mass is 79.9. The van der Waals surface area contributed by atoms with Gasteiger partial charge in [0, 0.05) is 6.07 Å². The van der Waals surface area contributed by atoms with Crippen LogP contribution in [0.25, 0.3) is 0 Å². The number of halogens is 2. The predicted molar refractivity (Wildman–Crippen MR) is 77.7 cm³/mol. The van der Waals surface area contributed by atoms with Crippen LogP contribution in [0.15, 0.2) is 40.9 Å². The lowest BCUT2D eigenvalue weighted by Gasteiger charge is -2.14. The summed E-state index contributed by atoms with van der Waals surface area (Å²) in [4.78, 5) is 0. The topological polar surface area (TPSA) is 38.7 Å². The molecule has 0 amide bonds. The van der Waals surface area contributed by atoms with Crippen LogP contribution in [0.5, 0.6) is 11.5 Å². The highest BCUT2D eigenvalue weighted by Crippen LogP contribution is 2.31. The molecule has 3 nitrogen and oxygen atoms in total. The largest absolute Gasteiger partial charge is 0.497 e. The molecule has 0 fully saturated rings. The standard InChI is InChI=1S/C15H14BrFO3/c1-19-11-5-10(6-12(8-11)20-2)15(18)9-3-4-14(17)13(16)7-9/h3-8,15,18H,1-2H3. The van der Waals surface area contributed by atoms with Crippen LogP contribution in [0.3, 0.4) is 0 Å². The minimum Gasteiger partial charge on any atom is -0.497 e. The second kappa shape index (κ2) is 6.24. The summed E-state index contributed by atoms with van der Waals surface area (Å²) in [6, 6.07) is 9.54. The molecule has 1 atom stereocenters. The van der Waals surface area contributed by atoms with Crippen molar-refractivity contribution in [3.05, 3.63) is 57.8 Å². The van der Waals surface area contributed by atoms with Crippen LogP contribution in [0.4, 0.5) is 4.39 Å². The summed E-state index contributed by atoms with van der Waals surface area (Å²) in [5.41, 5.74) is 1.19. The number of rotatable bonds is 4. The van der Waals surface area contributed by atoms with Crippen molar-refractivity contribution in [1.82, 2.24) is 0 Å². The molecule has 106 valence electrons. The third-order valence-corrected chi connectivity index (χ3v) is 3.56. The quantitative estimate of drug-likeness (QED) is 0.922. The lowest BCUT2D eigenvalue weighted by molar-refractivity contribution is 0.219. The smallest absolute Gasteiger partial charge is 0.137 e. The molecule has 1 N–H and O–H groups in total. The molecule has 1 unspecified atom stereocenters. The molecule has 0 saturated carbocycles. The summed E-state index contributed by atoms with van der Waals surface area (Å²) >= 11 is 3.11. The van der Waals surface area contributed by atoms with Gasteiger partial charge in [0.05, 0.1) is 18.7 Å². The molecule has 2 aromatic rings. The van der Waals surface area contributed by atoms with E-state index in [1.807, 2.05) is 0 Å². The first-order chi connectivity index (χ1) is 9.55. The Morgan fingerprint density at radius 2 is 1.60 bits per heavy atom. The first kappa shape index (κ1) is 14.8. The molecule has 0 heterocycles. The first-order valence-electron chi connectivity index (χ1n) is 5.91. The third kappa shape index (κ3) is 3.11. The molecule has 0 aliphatic heterocycles. The van der Waals surface area contributed by atoms with Crippen molar-refractivity contribution in [1.29, 1.82) is 0 Å². The number of hydrogen-bond donors (Lipinski definition) is 1. The zero-order chi connectivity index (χ0) is 14.7. The van der Waals surface area contributed by atoms with Gasteiger partial charge in [-0.15, -0.1) is 0 Å². The first-order valence-corrected chi connectivity index (χ1v) is 6.70. The van der Waals surface area contributed by atoms with Gasteiger partial charge in [-0.25, -0.2) is 4.39 Å². The highest BCUT2D eigenvalue weighted by molar-refractivity contribution is 9.10. The number of benzene rings is 2. The van der Waals surface area contributed by atoms with E-state index in [0.717, 1.165) is 0 Å². The van der Waals surface area contributed by atoms with Crippen molar-refractivity contribution in [3.8, 4) is 11.5 Å². The van der Waals surface area contributed by atoms with E-state index < -0.39 is 6.10 Å². The van der Waals surface area contributed by atoms with E-state index >= 15 is 0 Å². The normalized spacial score (nSPS) is 12.1. The van der Waals surface area contributed by atoms with Gasteiger partial charge in [-0.05, 0) is 51.3 Å². The maximum absolute atomic E-state index is 13.2. The van der Waals surface area contributed by atoms with Gasteiger partial charge < -0.3 is 14.6 Å². The van der Waals surface area contributed by atoms with Gasteiger partial charge in [0.2, 0.25) is 0 Å². The summed E-state index contributed by atoms with van der Waals surface area (Å²) in [7, 11) is 3.08. The average Bonchev–Trinajstić information content (AvgIpc) is 2.48. The molecule has 2 rings (SSSR count). The molecule has 2 aromatic carbocycles. The van der Waals surface area contributed by atoms with Gasteiger partial charge in [-0.2, -0.15) is 0 Å². The Kier molecular flexibility index (Phi) is 4.62. The predicted octanol–water partition coefficient (Wildman–Crippen LogP) is 3.69. The second-order valence-electron chi connectivity index (χ2n) is 4.22. The van der Waals surface area contributed by atoms with Crippen LogP contribution in [0, 0.1) is 5.82 Å². The molecule has 0 bridgehead atoms. The Morgan fingerprint density at radius 3 is 2.10 bits per heavy atom. The number of aliphatic hydroxyl groups is 1. The Hall–Kier alpha value is -1.59. The van der Waals surface area contributed by atoms with E-state index in [9.17, 15) is 9.50 Å². The minimum absolute atomic E-state index is 0.309. The summed E-state index contributed by atoms with van der Waals surface area (Å²) in [6.07, 6.45) is -0.893. The monoisotopic (exact) mass is 340 g/mol. The maximum atomic E-state index is 13.2. The Morgan fingerprint density at radius 1 is 1.00 bits per heavy atom. The van der Waals surface area contributed by atoms with Gasteiger partial charge >= 0.3 is 0 Å². The number of hydrogen-bond acceptors (Lipinski definition) is 3. The zero-order valence-corrected chi connectivity index (χ0v) is 12.6. The van der Waals surface area contributed by atoms with E-state index in [-0.39, 0.29) is 5.82 Å². The summed E-state index contributed by atoms with van der Waals surface area (Å²) in [5.74, 6) is 0.795. The van der Waals surface area contributed by atoms with Crippen LogP contribution >= 0.6 is 15.9 Å². The fourth-order valence-corrected chi connectivity index (χ4v) is 2.26. The van der Waals surface area contributed by atoms with E-state index in [2.05, 4.69) is 15.9 Å². The number of aliphatic hydroxyl groups excluding tert-OH is 1. The summed E-state index contributed by atoms with van der Waals surface area (Å²) in [5, 5.41) is 10.4. The van der Waals surface area contributed by atoms with Gasteiger partial charge in [-0.1, -0.05) is 6.07 Å². The molecule has 0 saturated heterocycles. The lowest BCUT2D eigenvalue weighted by Crippen LogP contribution is -2.01. The SMILES string of the molecule is COc1cc(OC)cc(C(O)c2ccc(F)c(Br)c2)c1. The molecular weight excluding hydrogens is 327 g/mol. The second-order valence-corrected chi connectivity index (χ2v) is 5.08. The lowest BCUT2D eigenvalue weighted by atomic mass is 10.0. The van der Waals surface area contributed by atoms with Crippen molar-refractivity contribution < 1.29 is 19.0 Å². The van der Waals surface area contributed by atoms with E-state index in [1.165, 1.54) is 12.1 Å². The third-order valence-electron chi connectivity index (χ3n) is 2.95. The maximum Gasteiger partial charge on any atom is 0.137 e. The Labute approximate surface area is 125 Å². The van der Waals surface area contributed by atoms with Crippen LogP contribution in [0.2, 0.25) is 0 Å². The van der Waals surface area contributed by atoms with Crippen molar-refractivity contribution in [2.45, 2.75) is 6.10 Å². The molecule has 5 heteroatoms. The molecule has 0 aliphatic rings. The van der Waals surface area contributed by atoms with Crippen molar-refractivity contribution in [3.63, 3.8) is 0 Å². The molecule has 20 heavy (non-hydrogen) atoms. The highest BCUT2D eigenvalue weighted by Gasteiger charge is 2.14. The zero-order valence-electron chi connectivity index (χ0n) is 11.1. The average molecular weight is 341 g/mol. The van der Waals surface area contributed by atoms with E-state index in [1.54, 1.807) is 38.5 Å². The fourth-order valence-electron chi connectivity index (χ4n) is 1.86. The minimum atomic E-state index is -0.893.